The molecule has 2 aromatic carbocycles. The maximum Gasteiger partial charge on any atom is 0.226 e. The molecule has 0 heterocycles. The molecule has 24 heavy (non-hydrogen) atoms. The molecule has 0 aliphatic carbocycles. The Morgan fingerprint density at radius 2 is 1.83 bits per heavy atom. The number of likely N-dealkylation sites (N-methyl/N-ethyl adjacent to an activating group) is 1. The Morgan fingerprint density at radius 1 is 1.12 bits per heavy atom. The summed E-state index contributed by atoms with van der Waals surface area (Å²) in [6.45, 7) is 5.18. The largest absolute Gasteiger partial charge is 0.494 e. The third-order valence-corrected chi connectivity index (χ3v) is 3.99. The molecule has 0 N–H and O–H groups in total. The molecule has 0 bridgehead atoms. The van der Waals surface area contributed by atoms with Gasteiger partial charge in [-0.25, -0.2) is 4.39 Å². The number of aryl methyl sites for hydroxylation is 2. The van der Waals surface area contributed by atoms with Crippen LogP contribution in [-0.4, -0.2) is 31.0 Å². The fourth-order valence-electron chi connectivity index (χ4n) is 2.44. The molecule has 0 saturated heterocycles. The highest BCUT2D eigenvalue weighted by Crippen LogP contribution is 2.13. The Morgan fingerprint density at radius 3 is 2.54 bits per heavy atom. The molecule has 2 aromatic rings. The maximum absolute atomic E-state index is 12.8. The summed E-state index contributed by atoms with van der Waals surface area (Å²) in [7, 11) is 1.81. The Labute approximate surface area is 143 Å². The lowest BCUT2D eigenvalue weighted by Crippen LogP contribution is -2.30. The van der Waals surface area contributed by atoms with Gasteiger partial charge in [0.25, 0.3) is 0 Å². The van der Waals surface area contributed by atoms with Gasteiger partial charge in [-0.2, -0.15) is 0 Å². The average Bonchev–Trinajstić information content (AvgIpc) is 2.56. The van der Waals surface area contributed by atoms with Gasteiger partial charge in [0, 0.05) is 13.6 Å². The van der Waals surface area contributed by atoms with E-state index in [-0.39, 0.29) is 11.7 Å². The summed E-state index contributed by atoms with van der Waals surface area (Å²) in [6, 6.07) is 12.1. The van der Waals surface area contributed by atoms with Crippen molar-refractivity contribution in [2.45, 2.75) is 26.7 Å². The molecule has 3 nitrogen and oxygen atoms in total. The Hall–Kier alpha value is -2.36. The summed E-state index contributed by atoms with van der Waals surface area (Å²) >= 11 is 0. The summed E-state index contributed by atoms with van der Waals surface area (Å²) < 4.78 is 18.3. The molecule has 0 aromatic heterocycles. The molecule has 0 atom stereocenters. The van der Waals surface area contributed by atoms with E-state index in [0.29, 0.717) is 25.3 Å². The van der Waals surface area contributed by atoms with Crippen LogP contribution in [0.5, 0.6) is 5.75 Å². The number of hydrogen-bond donors (Lipinski definition) is 0. The Bertz CT molecular complexity index is 683. The SMILES string of the molecule is Cc1ccc(C)c(CC(=O)N(C)CCCOc2ccc(F)cc2)c1. The number of rotatable bonds is 7. The van der Waals surface area contributed by atoms with Crippen LogP contribution < -0.4 is 4.74 Å². The molecular weight excluding hydrogens is 305 g/mol. The van der Waals surface area contributed by atoms with E-state index >= 15 is 0 Å². The van der Waals surface area contributed by atoms with Crippen LogP contribution in [-0.2, 0) is 11.2 Å². The zero-order valence-electron chi connectivity index (χ0n) is 14.5. The van der Waals surface area contributed by atoms with E-state index in [2.05, 4.69) is 18.2 Å². The quantitative estimate of drug-likeness (QED) is 0.721. The van der Waals surface area contributed by atoms with Gasteiger partial charge in [-0.1, -0.05) is 23.8 Å². The summed E-state index contributed by atoms with van der Waals surface area (Å²) in [5, 5.41) is 0. The van der Waals surface area contributed by atoms with Crippen molar-refractivity contribution in [2.75, 3.05) is 20.2 Å². The van der Waals surface area contributed by atoms with Gasteiger partial charge >= 0.3 is 0 Å². The highest BCUT2D eigenvalue weighted by molar-refractivity contribution is 5.78. The Kier molecular flexibility index (Phi) is 6.36. The fourth-order valence-corrected chi connectivity index (χ4v) is 2.44. The summed E-state index contributed by atoms with van der Waals surface area (Å²) in [5.74, 6) is 0.463. The minimum atomic E-state index is -0.279. The maximum atomic E-state index is 12.8. The van der Waals surface area contributed by atoms with Crippen molar-refractivity contribution >= 4 is 5.91 Å². The first-order valence-corrected chi connectivity index (χ1v) is 8.14. The summed E-state index contributed by atoms with van der Waals surface area (Å²) in [5.41, 5.74) is 3.38. The molecule has 4 heteroatoms. The molecule has 0 aliphatic rings. The van der Waals surface area contributed by atoms with Crippen LogP contribution in [0.1, 0.15) is 23.1 Å². The van der Waals surface area contributed by atoms with Gasteiger partial charge in [0.05, 0.1) is 13.0 Å². The highest BCUT2D eigenvalue weighted by atomic mass is 19.1. The zero-order chi connectivity index (χ0) is 17.5. The van der Waals surface area contributed by atoms with Gasteiger partial charge < -0.3 is 9.64 Å². The van der Waals surface area contributed by atoms with Crippen LogP contribution in [0.15, 0.2) is 42.5 Å². The number of hydrogen-bond acceptors (Lipinski definition) is 2. The monoisotopic (exact) mass is 329 g/mol. The van der Waals surface area contributed by atoms with Crippen molar-refractivity contribution in [3.63, 3.8) is 0 Å². The molecule has 0 fully saturated rings. The number of carbonyl (C=O) groups is 1. The summed E-state index contributed by atoms with van der Waals surface area (Å²) in [4.78, 5) is 14.1. The number of carbonyl (C=O) groups excluding carboxylic acids is 1. The van der Waals surface area contributed by atoms with Gasteiger partial charge in [0.2, 0.25) is 5.91 Å². The Balaban J connectivity index is 1.75. The third kappa shape index (κ3) is 5.37. The topological polar surface area (TPSA) is 29.5 Å². The first-order chi connectivity index (χ1) is 11.5. The lowest BCUT2D eigenvalue weighted by atomic mass is 10.0. The van der Waals surface area contributed by atoms with E-state index in [1.807, 2.05) is 20.9 Å². The molecule has 1 amide bonds. The molecule has 2 rings (SSSR count). The molecule has 128 valence electrons. The number of benzene rings is 2. The van der Waals surface area contributed by atoms with Gasteiger partial charge in [0.1, 0.15) is 11.6 Å². The number of nitrogens with zero attached hydrogens (tertiary/aromatic N) is 1. The van der Waals surface area contributed by atoms with Gasteiger partial charge in [-0.05, 0) is 55.7 Å². The molecule has 0 spiro atoms. The normalized spacial score (nSPS) is 10.5. The van der Waals surface area contributed by atoms with Crippen molar-refractivity contribution in [2.24, 2.45) is 0 Å². The number of halogens is 1. The van der Waals surface area contributed by atoms with Crippen LogP contribution in [0, 0.1) is 19.7 Å². The lowest BCUT2D eigenvalue weighted by Gasteiger charge is -2.18. The van der Waals surface area contributed by atoms with E-state index < -0.39 is 0 Å². The minimum Gasteiger partial charge on any atom is -0.494 e. The van der Waals surface area contributed by atoms with Crippen LogP contribution in [0.25, 0.3) is 0 Å². The van der Waals surface area contributed by atoms with Crippen LogP contribution in [0.3, 0.4) is 0 Å². The van der Waals surface area contributed by atoms with E-state index in [4.69, 9.17) is 4.74 Å². The molecule has 0 aliphatic heterocycles. The van der Waals surface area contributed by atoms with Crippen LogP contribution in [0.4, 0.5) is 4.39 Å². The van der Waals surface area contributed by atoms with Crippen molar-refractivity contribution in [1.82, 2.24) is 4.90 Å². The number of ether oxygens (including phenoxy) is 1. The van der Waals surface area contributed by atoms with Crippen molar-refractivity contribution < 1.29 is 13.9 Å². The van der Waals surface area contributed by atoms with E-state index in [9.17, 15) is 9.18 Å². The molecule has 0 saturated carbocycles. The second-order valence-electron chi connectivity index (χ2n) is 6.08. The van der Waals surface area contributed by atoms with Crippen LogP contribution in [0.2, 0.25) is 0 Å². The van der Waals surface area contributed by atoms with E-state index in [1.54, 1.807) is 17.0 Å². The lowest BCUT2D eigenvalue weighted by molar-refractivity contribution is -0.129. The standard InChI is InChI=1S/C20H24FNO2/c1-15-5-6-16(2)17(13-15)14-20(23)22(3)11-4-12-24-19-9-7-18(21)8-10-19/h5-10,13H,4,11-12,14H2,1-3H3. The van der Waals surface area contributed by atoms with Crippen molar-refractivity contribution in [3.05, 3.63) is 65.0 Å². The smallest absolute Gasteiger partial charge is 0.226 e. The fraction of sp³-hybridized carbons (Fsp3) is 0.350. The first kappa shape index (κ1) is 18.0. The second kappa shape index (κ2) is 8.48. The summed E-state index contributed by atoms with van der Waals surface area (Å²) in [6.07, 6.45) is 1.15. The van der Waals surface area contributed by atoms with Gasteiger partial charge in [-0.15, -0.1) is 0 Å². The van der Waals surface area contributed by atoms with Crippen LogP contribution >= 0.6 is 0 Å². The van der Waals surface area contributed by atoms with Crippen molar-refractivity contribution in [1.29, 1.82) is 0 Å². The molecule has 0 radical (unpaired) electrons. The average molecular weight is 329 g/mol. The molecular formula is C20H24FNO2. The van der Waals surface area contributed by atoms with Crippen molar-refractivity contribution in [3.8, 4) is 5.75 Å². The van der Waals surface area contributed by atoms with Gasteiger partial charge in [0.15, 0.2) is 0 Å². The number of amides is 1. The van der Waals surface area contributed by atoms with E-state index in [0.717, 1.165) is 17.5 Å². The first-order valence-electron chi connectivity index (χ1n) is 8.14. The zero-order valence-corrected chi connectivity index (χ0v) is 14.5. The predicted molar refractivity (Wildman–Crippen MR) is 93.8 cm³/mol. The predicted octanol–water partition coefficient (Wildman–Crippen LogP) is 3.91. The highest BCUT2D eigenvalue weighted by Gasteiger charge is 2.11. The van der Waals surface area contributed by atoms with E-state index in [1.165, 1.54) is 17.7 Å². The minimum absolute atomic E-state index is 0.102. The second-order valence-corrected chi connectivity index (χ2v) is 6.08. The van der Waals surface area contributed by atoms with Gasteiger partial charge in [-0.3, -0.25) is 4.79 Å². The third-order valence-electron chi connectivity index (χ3n) is 3.99. The molecule has 0 unspecified atom stereocenters.